The lowest BCUT2D eigenvalue weighted by Crippen LogP contribution is -2.22. The molecule has 0 aliphatic heterocycles. The van der Waals surface area contributed by atoms with E-state index in [1.165, 1.54) is 6.92 Å². The molecule has 0 aliphatic rings. The summed E-state index contributed by atoms with van der Waals surface area (Å²) in [7, 11) is 0. The third-order valence-corrected chi connectivity index (χ3v) is 1.65. The number of nitrogens with one attached hydrogen (secondary N) is 1. The first-order valence-corrected chi connectivity index (χ1v) is 5.71. The minimum absolute atomic E-state index is 0.127. The molecule has 0 unspecified atom stereocenters. The van der Waals surface area contributed by atoms with Crippen LogP contribution in [0.5, 0.6) is 0 Å². The van der Waals surface area contributed by atoms with Crippen LogP contribution in [0.3, 0.4) is 0 Å². The van der Waals surface area contributed by atoms with E-state index in [1.54, 1.807) is 13.8 Å². The van der Waals surface area contributed by atoms with E-state index >= 15 is 0 Å². The normalized spacial score (nSPS) is 10.4. The van der Waals surface area contributed by atoms with Crippen LogP contribution in [0, 0.1) is 0 Å². The van der Waals surface area contributed by atoms with E-state index in [4.69, 9.17) is 9.47 Å². The molecule has 1 N–H and O–H groups in total. The van der Waals surface area contributed by atoms with Crippen molar-refractivity contribution in [3.63, 3.8) is 0 Å². The Morgan fingerprint density at radius 1 is 1.17 bits per heavy atom. The van der Waals surface area contributed by atoms with Gasteiger partial charge in [-0.05, 0) is 20.3 Å². The molecule has 0 spiro atoms. The summed E-state index contributed by atoms with van der Waals surface area (Å²) in [5.74, 6) is -1.32. The van der Waals surface area contributed by atoms with Gasteiger partial charge in [-0.1, -0.05) is 0 Å². The summed E-state index contributed by atoms with van der Waals surface area (Å²) >= 11 is 0. The van der Waals surface area contributed by atoms with Crippen molar-refractivity contribution in [1.82, 2.24) is 5.32 Å². The van der Waals surface area contributed by atoms with Gasteiger partial charge in [-0.3, -0.25) is 4.79 Å². The number of amides is 1. The van der Waals surface area contributed by atoms with Crippen molar-refractivity contribution in [3.8, 4) is 0 Å². The summed E-state index contributed by atoms with van der Waals surface area (Å²) in [6.07, 6.45) is 2.34. The Morgan fingerprint density at radius 2 is 1.78 bits per heavy atom. The fourth-order valence-corrected chi connectivity index (χ4v) is 0.965. The highest BCUT2D eigenvalue weighted by atomic mass is 16.5. The number of carbonyl (C=O) groups excluding carboxylic acids is 3. The lowest BCUT2D eigenvalue weighted by Gasteiger charge is -2.04. The van der Waals surface area contributed by atoms with Gasteiger partial charge in [-0.2, -0.15) is 0 Å². The third kappa shape index (κ3) is 10.7. The SMILES string of the molecule is CC(=O)NCCCOC(=O)/C=C/C(=O)OC(C)C. The van der Waals surface area contributed by atoms with Crippen LogP contribution < -0.4 is 5.32 Å². The minimum atomic E-state index is -0.612. The average Bonchev–Trinajstić information content (AvgIpc) is 2.24. The lowest BCUT2D eigenvalue weighted by molar-refractivity contribution is -0.142. The zero-order valence-corrected chi connectivity index (χ0v) is 10.9. The molecule has 18 heavy (non-hydrogen) atoms. The van der Waals surface area contributed by atoms with E-state index < -0.39 is 11.9 Å². The molecule has 1 amide bonds. The highest BCUT2D eigenvalue weighted by Gasteiger charge is 2.02. The number of rotatable bonds is 7. The van der Waals surface area contributed by atoms with Crippen molar-refractivity contribution in [1.29, 1.82) is 0 Å². The second kappa shape index (κ2) is 9.21. The summed E-state index contributed by atoms with van der Waals surface area (Å²) < 4.78 is 9.58. The van der Waals surface area contributed by atoms with Gasteiger partial charge in [0.1, 0.15) is 0 Å². The van der Waals surface area contributed by atoms with Crippen LogP contribution in [-0.4, -0.2) is 37.1 Å². The van der Waals surface area contributed by atoms with E-state index in [0.717, 1.165) is 12.2 Å². The van der Waals surface area contributed by atoms with E-state index in [2.05, 4.69) is 5.32 Å². The summed E-state index contributed by atoms with van der Waals surface area (Å²) in [5.41, 5.74) is 0. The molecule has 0 fully saturated rings. The van der Waals surface area contributed by atoms with Crippen LogP contribution in [0.2, 0.25) is 0 Å². The van der Waals surface area contributed by atoms with Gasteiger partial charge in [0.05, 0.1) is 12.7 Å². The van der Waals surface area contributed by atoms with Crippen molar-refractivity contribution >= 4 is 17.8 Å². The smallest absolute Gasteiger partial charge is 0.331 e. The van der Waals surface area contributed by atoms with Crippen molar-refractivity contribution in [2.75, 3.05) is 13.2 Å². The zero-order chi connectivity index (χ0) is 14.0. The summed E-state index contributed by atoms with van der Waals surface area (Å²) in [5, 5.41) is 2.57. The van der Waals surface area contributed by atoms with E-state index in [9.17, 15) is 14.4 Å². The molecule has 0 rings (SSSR count). The van der Waals surface area contributed by atoms with Crippen LogP contribution >= 0.6 is 0 Å². The van der Waals surface area contributed by atoms with Crippen LogP contribution in [0.4, 0.5) is 0 Å². The number of carbonyl (C=O) groups is 3. The van der Waals surface area contributed by atoms with Gasteiger partial charge in [0.25, 0.3) is 0 Å². The van der Waals surface area contributed by atoms with Crippen molar-refractivity contribution < 1.29 is 23.9 Å². The molecule has 0 radical (unpaired) electrons. The van der Waals surface area contributed by atoms with Crippen LogP contribution in [0.25, 0.3) is 0 Å². The Kier molecular flexibility index (Phi) is 8.26. The maximum Gasteiger partial charge on any atom is 0.331 e. The molecule has 0 saturated carbocycles. The van der Waals surface area contributed by atoms with E-state index in [-0.39, 0.29) is 18.6 Å². The Hall–Kier alpha value is -1.85. The summed E-state index contributed by atoms with van der Waals surface area (Å²) in [4.78, 5) is 32.7. The molecular formula is C12H19NO5. The predicted octanol–water partition coefficient (Wildman–Crippen LogP) is 0.564. The monoisotopic (exact) mass is 257 g/mol. The van der Waals surface area contributed by atoms with Crippen LogP contribution in [-0.2, 0) is 23.9 Å². The van der Waals surface area contributed by atoms with E-state index in [0.29, 0.717) is 13.0 Å². The van der Waals surface area contributed by atoms with Gasteiger partial charge in [0.2, 0.25) is 5.91 Å². The lowest BCUT2D eigenvalue weighted by atomic mass is 10.4. The van der Waals surface area contributed by atoms with Crippen molar-refractivity contribution in [2.45, 2.75) is 33.3 Å². The van der Waals surface area contributed by atoms with Crippen molar-refractivity contribution in [2.24, 2.45) is 0 Å². The Bertz CT molecular complexity index is 322. The quantitative estimate of drug-likeness (QED) is 0.409. The first-order valence-electron chi connectivity index (χ1n) is 5.71. The summed E-state index contributed by atoms with van der Waals surface area (Å²) in [6, 6.07) is 0. The largest absolute Gasteiger partial charge is 0.462 e. The number of hydrogen-bond acceptors (Lipinski definition) is 5. The fraction of sp³-hybridized carbons (Fsp3) is 0.583. The van der Waals surface area contributed by atoms with Gasteiger partial charge >= 0.3 is 11.9 Å². The molecule has 0 atom stereocenters. The molecule has 6 nitrogen and oxygen atoms in total. The zero-order valence-electron chi connectivity index (χ0n) is 10.9. The molecule has 6 heteroatoms. The maximum absolute atomic E-state index is 11.1. The van der Waals surface area contributed by atoms with Crippen LogP contribution in [0.1, 0.15) is 27.2 Å². The Labute approximate surface area is 106 Å². The number of ether oxygens (including phenoxy) is 2. The van der Waals surface area contributed by atoms with Gasteiger partial charge in [0.15, 0.2) is 0 Å². The molecule has 0 saturated heterocycles. The van der Waals surface area contributed by atoms with Gasteiger partial charge in [-0.15, -0.1) is 0 Å². The molecule has 0 aliphatic carbocycles. The average molecular weight is 257 g/mol. The summed E-state index contributed by atoms with van der Waals surface area (Å²) in [6.45, 7) is 5.47. The fourth-order valence-electron chi connectivity index (χ4n) is 0.965. The molecule has 102 valence electrons. The first-order chi connectivity index (χ1) is 8.41. The molecule has 0 aromatic rings. The molecule has 0 aromatic carbocycles. The van der Waals surface area contributed by atoms with Gasteiger partial charge in [0, 0.05) is 25.6 Å². The second-order valence-electron chi connectivity index (χ2n) is 3.82. The van der Waals surface area contributed by atoms with E-state index in [1.807, 2.05) is 0 Å². The van der Waals surface area contributed by atoms with Gasteiger partial charge in [-0.25, -0.2) is 9.59 Å². The van der Waals surface area contributed by atoms with Crippen LogP contribution in [0.15, 0.2) is 12.2 Å². The third-order valence-electron chi connectivity index (χ3n) is 1.65. The molecule has 0 aromatic heterocycles. The molecular weight excluding hydrogens is 238 g/mol. The Balaban J connectivity index is 3.67. The number of esters is 2. The van der Waals surface area contributed by atoms with Crippen molar-refractivity contribution in [3.05, 3.63) is 12.2 Å². The maximum atomic E-state index is 11.1. The highest BCUT2D eigenvalue weighted by Crippen LogP contribution is 1.91. The molecule has 0 heterocycles. The predicted molar refractivity (Wildman–Crippen MR) is 64.6 cm³/mol. The minimum Gasteiger partial charge on any atom is -0.462 e. The Morgan fingerprint density at radius 3 is 2.33 bits per heavy atom. The van der Waals surface area contributed by atoms with Gasteiger partial charge < -0.3 is 14.8 Å². The topological polar surface area (TPSA) is 81.7 Å². The standard InChI is InChI=1S/C12H19NO5/c1-9(2)18-12(16)6-5-11(15)17-8-4-7-13-10(3)14/h5-6,9H,4,7-8H2,1-3H3,(H,13,14)/b6-5+. The second-order valence-corrected chi connectivity index (χ2v) is 3.82. The molecule has 0 bridgehead atoms. The number of hydrogen-bond donors (Lipinski definition) is 1. The highest BCUT2D eigenvalue weighted by molar-refractivity contribution is 5.91. The first kappa shape index (κ1) is 16.1.